The maximum Gasteiger partial charge on any atom is 0.338 e. The highest BCUT2D eigenvalue weighted by Crippen LogP contribution is 2.33. The molecule has 0 spiro atoms. The SMILES string of the molecule is COc1ccccc1[C@@H]1NC(=S)NC(C)=C1C(=O)OC(C)(C)C. The molecule has 1 aromatic carbocycles. The Kier molecular flexibility index (Phi) is 4.94. The second kappa shape index (κ2) is 6.58. The Morgan fingerprint density at radius 1 is 1.26 bits per heavy atom. The lowest BCUT2D eigenvalue weighted by Gasteiger charge is -2.32. The average molecular weight is 334 g/mol. The fourth-order valence-corrected chi connectivity index (χ4v) is 2.71. The maximum absolute atomic E-state index is 12.7. The number of hydrogen-bond acceptors (Lipinski definition) is 4. The lowest BCUT2D eigenvalue weighted by atomic mass is 9.94. The van der Waals surface area contributed by atoms with Crippen molar-refractivity contribution < 1.29 is 14.3 Å². The van der Waals surface area contributed by atoms with Crippen LogP contribution in [0.4, 0.5) is 0 Å². The summed E-state index contributed by atoms with van der Waals surface area (Å²) in [5, 5.41) is 6.59. The van der Waals surface area contributed by atoms with E-state index in [2.05, 4.69) is 10.6 Å². The predicted octanol–water partition coefficient (Wildman–Crippen LogP) is 2.83. The van der Waals surface area contributed by atoms with E-state index in [0.717, 1.165) is 5.56 Å². The van der Waals surface area contributed by atoms with Crippen LogP contribution in [0.15, 0.2) is 35.5 Å². The van der Waals surface area contributed by atoms with Gasteiger partial charge >= 0.3 is 5.97 Å². The Balaban J connectivity index is 2.48. The molecule has 1 aromatic rings. The predicted molar refractivity (Wildman–Crippen MR) is 93.1 cm³/mol. The first-order chi connectivity index (χ1) is 10.7. The lowest BCUT2D eigenvalue weighted by molar-refractivity contribution is -0.150. The van der Waals surface area contributed by atoms with E-state index in [9.17, 15) is 4.79 Å². The molecule has 0 saturated heterocycles. The topological polar surface area (TPSA) is 59.6 Å². The van der Waals surface area contributed by atoms with Crippen molar-refractivity contribution >= 4 is 23.3 Å². The van der Waals surface area contributed by atoms with E-state index >= 15 is 0 Å². The number of benzene rings is 1. The number of esters is 1. The molecule has 0 aliphatic carbocycles. The van der Waals surface area contributed by atoms with Crippen LogP contribution in [0.25, 0.3) is 0 Å². The lowest BCUT2D eigenvalue weighted by Crippen LogP contribution is -2.46. The summed E-state index contributed by atoms with van der Waals surface area (Å²) in [5.41, 5.74) is 1.43. The van der Waals surface area contributed by atoms with Gasteiger partial charge < -0.3 is 20.1 Å². The van der Waals surface area contributed by atoms with Crippen molar-refractivity contribution in [2.24, 2.45) is 0 Å². The third-order valence-corrected chi connectivity index (χ3v) is 3.56. The van der Waals surface area contributed by atoms with Gasteiger partial charge in [0.1, 0.15) is 11.4 Å². The van der Waals surface area contributed by atoms with Crippen LogP contribution in [0.1, 0.15) is 39.3 Å². The summed E-state index contributed by atoms with van der Waals surface area (Å²) in [6.45, 7) is 7.34. The largest absolute Gasteiger partial charge is 0.496 e. The summed E-state index contributed by atoms with van der Waals surface area (Å²) in [6.07, 6.45) is 0. The second-order valence-corrected chi connectivity index (χ2v) is 6.72. The Morgan fingerprint density at radius 3 is 2.52 bits per heavy atom. The van der Waals surface area contributed by atoms with E-state index in [-0.39, 0.29) is 5.97 Å². The van der Waals surface area contributed by atoms with Crippen LogP contribution in [0, 0.1) is 0 Å². The Bertz CT molecular complexity index is 662. The molecule has 2 rings (SSSR count). The van der Waals surface area contributed by atoms with Crippen molar-refractivity contribution in [2.45, 2.75) is 39.3 Å². The van der Waals surface area contributed by atoms with E-state index in [4.69, 9.17) is 21.7 Å². The quantitative estimate of drug-likeness (QED) is 0.655. The monoisotopic (exact) mass is 334 g/mol. The summed E-state index contributed by atoms with van der Waals surface area (Å²) >= 11 is 5.24. The molecule has 1 atom stereocenters. The number of hydrogen-bond donors (Lipinski definition) is 2. The first-order valence-corrected chi connectivity index (χ1v) is 7.78. The summed E-state index contributed by atoms with van der Waals surface area (Å²) in [5.74, 6) is 0.303. The Hall–Kier alpha value is -2.08. The minimum absolute atomic E-state index is 0.381. The van der Waals surface area contributed by atoms with Gasteiger partial charge in [0.2, 0.25) is 0 Å². The zero-order chi connectivity index (χ0) is 17.2. The van der Waals surface area contributed by atoms with Crippen molar-refractivity contribution in [3.8, 4) is 5.75 Å². The van der Waals surface area contributed by atoms with Gasteiger partial charge in [-0.1, -0.05) is 18.2 Å². The molecule has 6 heteroatoms. The van der Waals surface area contributed by atoms with Crippen LogP contribution < -0.4 is 15.4 Å². The molecule has 0 bridgehead atoms. The summed E-state index contributed by atoms with van der Waals surface area (Å²) in [6, 6.07) is 7.11. The fraction of sp³-hybridized carbons (Fsp3) is 0.412. The third kappa shape index (κ3) is 4.01. The molecule has 0 amide bonds. The van der Waals surface area contributed by atoms with Crippen molar-refractivity contribution in [1.82, 2.24) is 10.6 Å². The summed E-state index contributed by atoms with van der Waals surface area (Å²) < 4.78 is 11.0. The van der Waals surface area contributed by atoms with Gasteiger partial charge in [0, 0.05) is 11.3 Å². The van der Waals surface area contributed by atoms with E-state index in [0.29, 0.717) is 22.1 Å². The highest BCUT2D eigenvalue weighted by molar-refractivity contribution is 7.80. The third-order valence-electron chi connectivity index (χ3n) is 3.34. The number of nitrogens with one attached hydrogen (secondary N) is 2. The number of carbonyl (C=O) groups excluding carboxylic acids is 1. The number of rotatable bonds is 3. The van der Waals surface area contributed by atoms with Crippen molar-refractivity contribution in [2.75, 3.05) is 7.11 Å². The fourth-order valence-electron chi connectivity index (χ4n) is 2.44. The van der Waals surface area contributed by atoms with Gasteiger partial charge in [-0.25, -0.2) is 4.79 Å². The summed E-state index contributed by atoms with van der Waals surface area (Å²) in [7, 11) is 1.60. The molecule has 2 N–H and O–H groups in total. The minimum atomic E-state index is -0.576. The van der Waals surface area contributed by atoms with Crippen molar-refractivity contribution in [3.05, 3.63) is 41.1 Å². The molecule has 1 aliphatic heterocycles. The van der Waals surface area contributed by atoms with E-state index in [1.54, 1.807) is 7.11 Å². The molecule has 5 nitrogen and oxygen atoms in total. The van der Waals surface area contributed by atoms with Crippen molar-refractivity contribution in [1.29, 1.82) is 0 Å². The minimum Gasteiger partial charge on any atom is -0.496 e. The van der Waals surface area contributed by atoms with E-state index < -0.39 is 11.6 Å². The first kappa shape index (κ1) is 17.3. The molecule has 23 heavy (non-hydrogen) atoms. The van der Waals surface area contributed by atoms with Gasteiger partial charge in [0.25, 0.3) is 0 Å². The zero-order valence-electron chi connectivity index (χ0n) is 14.0. The normalized spacial score (nSPS) is 18.1. The Morgan fingerprint density at radius 2 is 1.91 bits per heavy atom. The smallest absolute Gasteiger partial charge is 0.338 e. The molecular weight excluding hydrogens is 312 g/mol. The van der Waals surface area contributed by atoms with Crippen LogP contribution in [-0.4, -0.2) is 23.8 Å². The molecule has 0 saturated carbocycles. The van der Waals surface area contributed by atoms with Crippen LogP contribution in [-0.2, 0) is 9.53 Å². The number of thiocarbonyl (C=S) groups is 1. The molecule has 0 radical (unpaired) electrons. The van der Waals surface area contributed by atoms with Crippen LogP contribution in [0.3, 0.4) is 0 Å². The van der Waals surface area contributed by atoms with Crippen LogP contribution >= 0.6 is 12.2 Å². The maximum atomic E-state index is 12.7. The van der Waals surface area contributed by atoms with Crippen LogP contribution in [0.2, 0.25) is 0 Å². The van der Waals surface area contributed by atoms with Gasteiger partial charge in [-0.15, -0.1) is 0 Å². The first-order valence-electron chi connectivity index (χ1n) is 7.37. The number of ether oxygens (including phenoxy) is 2. The molecular formula is C17H22N2O3S. The molecule has 1 heterocycles. The summed E-state index contributed by atoms with van der Waals surface area (Å²) in [4.78, 5) is 12.7. The number of carbonyl (C=O) groups is 1. The average Bonchev–Trinajstić information content (AvgIpc) is 2.44. The Labute approximate surface area is 142 Å². The van der Waals surface area contributed by atoms with E-state index in [1.807, 2.05) is 52.0 Å². The van der Waals surface area contributed by atoms with Gasteiger partial charge in [-0.05, 0) is 46.0 Å². The number of allylic oxidation sites excluding steroid dienone is 1. The molecule has 1 aliphatic rings. The van der Waals surface area contributed by atoms with Crippen molar-refractivity contribution in [3.63, 3.8) is 0 Å². The number of para-hydroxylation sites is 1. The number of methoxy groups -OCH3 is 1. The van der Waals surface area contributed by atoms with Gasteiger partial charge in [-0.3, -0.25) is 0 Å². The molecule has 0 aromatic heterocycles. The van der Waals surface area contributed by atoms with Gasteiger partial charge in [0.05, 0.1) is 18.7 Å². The zero-order valence-corrected chi connectivity index (χ0v) is 14.8. The van der Waals surface area contributed by atoms with Gasteiger partial charge in [0.15, 0.2) is 5.11 Å². The molecule has 0 fully saturated rings. The van der Waals surface area contributed by atoms with E-state index in [1.165, 1.54) is 0 Å². The van der Waals surface area contributed by atoms with Gasteiger partial charge in [-0.2, -0.15) is 0 Å². The second-order valence-electron chi connectivity index (χ2n) is 6.31. The highest BCUT2D eigenvalue weighted by Gasteiger charge is 2.34. The highest BCUT2D eigenvalue weighted by atomic mass is 32.1. The van der Waals surface area contributed by atoms with Crippen LogP contribution in [0.5, 0.6) is 5.75 Å². The standard InChI is InChI=1S/C17H22N2O3S/c1-10-13(15(20)22-17(2,3)4)14(19-16(23)18-10)11-8-6-7-9-12(11)21-5/h6-9,14H,1-5H3,(H2,18,19,23)/t14-/m0/s1. The molecule has 0 unspecified atom stereocenters. The molecule has 124 valence electrons.